The number of hydrogen-bond acceptors (Lipinski definition) is 6. The van der Waals surface area contributed by atoms with Gasteiger partial charge in [0.05, 0.1) is 11.4 Å². The fourth-order valence-corrected chi connectivity index (χ4v) is 4.33. The Labute approximate surface area is 212 Å². The number of hydrogen-bond donors (Lipinski definition) is 3. The van der Waals surface area contributed by atoms with Crippen LogP contribution in [0.3, 0.4) is 0 Å². The molecule has 0 aliphatic carbocycles. The van der Waals surface area contributed by atoms with E-state index >= 15 is 0 Å². The first-order valence-electron chi connectivity index (χ1n) is 12.2. The fourth-order valence-electron chi connectivity index (χ4n) is 3.26. The Morgan fingerprint density at radius 3 is 2.57 bits per heavy atom. The van der Waals surface area contributed by atoms with Crippen molar-refractivity contribution in [2.75, 3.05) is 0 Å². The number of tetrazole rings is 1. The van der Waals surface area contributed by atoms with Gasteiger partial charge in [0.15, 0.2) is 0 Å². The van der Waals surface area contributed by atoms with E-state index in [4.69, 9.17) is 5.11 Å². The first-order valence-corrected chi connectivity index (χ1v) is 13.0. The van der Waals surface area contributed by atoms with Crippen LogP contribution in [-0.2, 0) is 4.79 Å². The molecule has 1 heterocycles. The third-order valence-electron chi connectivity index (χ3n) is 5.18. The summed E-state index contributed by atoms with van der Waals surface area (Å²) in [5.74, 6) is -0.323. The first-order chi connectivity index (χ1) is 17.1. The standard InChI is InChI=1S/C27H36N4O3S/c1-2-3-4-5-6-7-8-9-10-11-12-13-16-25(24(32)15-14-17-26(33)34)35-23-20-18-22(19-21-23)27-28-30-31-29-27/h6-7,9-13,16,18-21,24-25,32H,2-5,8,14-15,17H2,1H3,(H,33,34)(H,28,29,30,31)/b7-6-,10-9-,12-11+,16-13+. The Balaban J connectivity index is 1.91. The van der Waals surface area contributed by atoms with Gasteiger partial charge in [-0.25, -0.2) is 0 Å². The van der Waals surface area contributed by atoms with Gasteiger partial charge in [-0.05, 0) is 61.6 Å². The largest absolute Gasteiger partial charge is 0.481 e. The van der Waals surface area contributed by atoms with Gasteiger partial charge < -0.3 is 10.2 Å². The number of aromatic nitrogens is 4. The summed E-state index contributed by atoms with van der Waals surface area (Å²) >= 11 is 1.53. The van der Waals surface area contributed by atoms with Crippen molar-refractivity contribution >= 4 is 17.7 Å². The molecule has 2 aromatic rings. The van der Waals surface area contributed by atoms with Crippen LogP contribution in [0.15, 0.2) is 77.8 Å². The molecule has 0 amide bonds. The molecule has 0 aliphatic rings. The monoisotopic (exact) mass is 496 g/mol. The minimum Gasteiger partial charge on any atom is -0.481 e. The SMILES string of the molecule is CCCCC/C=C\C\C=C/C=C/C=C/C(Sc1ccc(-c2nn[nH]n2)cc1)C(O)CCCC(=O)O. The summed E-state index contributed by atoms with van der Waals surface area (Å²) < 4.78 is 0. The number of carboxylic acid groups (broad SMARTS) is 1. The summed E-state index contributed by atoms with van der Waals surface area (Å²) in [5.41, 5.74) is 0.850. The molecule has 0 radical (unpaired) electrons. The normalized spacial score (nSPS) is 14.0. The maximum absolute atomic E-state index is 10.8. The van der Waals surface area contributed by atoms with Crippen molar-refractivity contribution in [3.05, 3.63) is 72.9 Å². The lowest BCUT2D eigenvalue weighted by atomic mass is 10.1. The van der Waals surface area contributed by atoms with Crippen LogP contribution >= 0.6 is 11.8 Å². The number of nitrogens with zero attached hydrogens (tertiary/aromatic N) is 3. The zero-order chi connectivity index (χ0) is 25.1. The smallest absolute Gasteiger partial charge is 0.303 e. The predicted molar refractivity (Wildman–Crippen MR) is 142 cm³/mol. The van der Waals surface area contributed by atoms with Gasteiger partial charge in [-0.3, -0.25) is 4.79 Å². The minimum atomic E-state index is -0.848. The van der Waals surface area contributed by atoms with Crippen molar-refractivity contribution in [3.8, 4) is 11.4 Å². The van der Waals surface area contributed by atoms with Gasteiger partial charge in [0.25, 0.3) is 0 Å². The fraction of sp³-hybridized carbons (Fsp3) is 0.407. The molecule has 0 fully saturated rings. The van der Waals surface area contributed by atoms with Gasteiger partial charge in [0.2, 0.25) is 5.82 Å². The van der Waals surface area contributed by atoms with Gasteiger partial charge in [-0.2, -0.15) is 5.21 Å². The molecule has 7 nitrogen and oxygen atoms in total. The summed E-state index contributed by atoms with van der Waals surface area (Å²) in [5, 5.41) is 33.4. The maximum atomic E-state index is 10.8. The quantitative estimate of drug-likeness (QED) is 0.104. The molecule has 2 unspecified atom stereocenters. The highest BCUT2D eigenvalue weighted by Gasteiger charge is 2.18. The third-order valence-corrected chi connectivity index (χ3v) is 6.47. The van der Waals surface area contributed by atoms with E-state index < -0.39 is 12.1 Å². The molecule has 188 valence electrons. The molecular formula is C27H36N4O3S. The molecule has 2 atom stereocenters. The lowest BCUT2D eigenvalue weighted by Gasteiger charge is -2.19. The second-order valence-electron chi connectivity index (χ2n) is 8.10. The van der Waals surface area contributed by atoms with Crippen molar-refractivity contribution in [2.45, 2.75) is 74.5 Å². The summed E-state index contributed by atoms with van der Waals surface area (Å²) in [6.07, 6.45) is 22.5. The number of aromatic amines is 1. The number of carboxylic acids is 1. The van der Waals surface area contributed by atoms with Gasteiger partial charge >= 0.3 is 5.97 Å². The molecular weight excluding hydrogens is 460 g/mol. The van der Waals surface area contributed by atoms with E-state index in [9.17, 15) is 9.90 Å². The van der Waals surface area contributed by atoms with Crippen LogP contribution in [0.4, 0.5) is 0 Å². The molecule has 0 saturated heterocycles. The molecule has 3 N–H and O–H groups in total. The molecule has 1 aromatic heterocycles. The Hall–Kier alpha value is -2.97. The van der Waals surface area contributed by atoms with Gasteiger partial charge in [-0.15, -0.1) is 22.0 Å². The molecule has 1 aromatic carbocycles. The zero-order valence-electron chi connectivity index (χ0n) is 20.3. The Morgan fingerprint density at radius 2 is 1.86 bits per heavy atom. The number of aliphatic hydroxyl groups is 1. The number of carbonyl (C=O) groups is 1. The summed E-state index contributed by atoms with van der Waals surface area (Å²) in [7, 11) is 0. The average Bonchev–Trinajstić information content (AvgIpc) is 3.39. The number of allylic oxidation sites excluding steroid dienone is 7. The number of unbranched alkanes of at least 4 members (excludes halogenated alkanes) is 3. The van der Waals surface area contributed by atoms with E-state index in [0.717, 1.165) is 23.3 Å². The summed E-state index contributed by atoms with van der Waals surface area (Å²) in [6.45, 7) is 2.21. The van der Waals surface area contributed by atoms with E-state index in [0.29, 0.717) is 18.7 Å². The van der Waals surface area contributed by atoms with Crippen LogP contribution in [0.25, 0.3) is 11.4 Å². The van der Waals surface area contributed by atoms with Gasteiger partial charge in [-0.1, -0.05) is 68.4 Å². The highest BCUT2D eigenvalue weighted by Crippen LogP contribution is 2.29. The van der Waals surface area contributed by atoms with Crippen LogP contribution in [0.5, 0.6) is 0 Å². The Kier molecular flexibility index (Phi) is 14.1. The Morgan fingerprint density at radius 1 is 1.06 bits per heavy atom. The molecule has 0 aliphatic heterocycles. The van der Waals surface area contributed by atoms with Crippen LogP contribution in [0.2, 0.25) is 0 Å². The molecule has 2 rings (SSSR count). The van der Waals surface area contributed by atoms with Crippen molar-refractivity contribution in [2.24, 2.45) is 0 Å². The predicted octanol–water partition coefficient (Wildman–Crippen LogP) is 6.14. The van der Waals surface area contributed by atoms with Crippen LogP contribution in [0.1, 0.15) is 58.3 Å². The number of aliphatic hydroxyl groups excluding tert-OH is 1. The first kappa shape index (κ1) is 28.3. The second kappa shape index (κ2) is 17.5. The maximum Gasteiger partial charge on any atom is 0.303 e. The van der Waals surface area contributed by atoms with E-state index in [-0.39, 0.29) is 11.7 Å². The average molecular weight is 497 g/mol. The number of H-pyrrole nitrogens is 1. The van der Waals surface area contributed by atoms with Crippen LogP contribution in [-0.4, -0.2) is 48.2 Å². The number of nitrogens with one attached hydrogen (secondary N) is 1. The van der Waals surface area contributed by atoms with Crippen molar-refractivity contribution in [3.63, 3.8) is 0 Å². The molecule has 0 saturated carbocycles. The molecule has 0 bridgehead atoms. The lowest BCUT2D eigenvalue weighted by Crippen LogP contribution is -2.21. The summed E-state index contributed by atoms with van der Waals surface area (Å²) in [6, 6.07) is 7.73. The summed E-state index contributed by atoms with van der Waals surface area (Å²) in [4.78, 5) is 11.8. The number of rotatable bonds is 17. The lowest BCUT2D eigenvalue weighted by molar-refractivity contribution is -0.137. The van der Waals surface area contributed by atoms with Gasteiger partial charge in [0, 0.05) is 16.9 Å². The highest BCUT2D eigenvalue weighted by atomic mass is 32.2. The van der Waals surface area contributed by atoms with Crippen molar-refractivity contribution in [1.29, 1.82) is 0 Å². The molecule has 35 heavy (non-hydrogen) atoms. The number of benzene rings is 1. The van der Waals surface area contributed by atoms with Gasteiger partial charge in [0.1, 0.15) is 0 Å². The zero-order valence-corrected chi connectivity index (χ0v) is 21.1. The molecule has 0 spiro atoms. The molecule has 8 heteroatoms. The van der Waals surface area contributed by atoms with E-state index in [1.165, 1.54) is 31.0 Å². The van der Waals surface area contributed by atoms with E-state index in [1.807, 2.05) is 54.6 Å². The second-order valence-corrected chi connectivity index (χ2v) is 9.35. The van der Waals surface area contributed by atoms with Crippen molar-refractivity contribution in [1.82, 2.24) is 20.6 Å². The van der Waals surface area contributed by atoms with E-state index in [2.05, 4.69) is 45.8 Å². The van der Waals surface area contributed by atoms with Crippen LogP contribution < -0.4 is 0 Å². The Bertz CT molecular complexity index is 953. The van der Waals surface area contributed by atoms with Crippen LogP contribution in [0, 0.1) is 0 Å². The minimum absolute atomic E-state index is 0.0509. The number of thioether (sulfide) groups is 1. The number of aliphatic carboxylic acids is 1. The van der Waals surface area contributed by atoms with Crippen molar-refractivity contribution < 1.29 is 15.0 Å². The third kappa shape index (κ3) is 12.3. The topological polar surface area (TPSA) is 112 Å². The highest BCUT2D eigenvalue weighted by molar-refractivity contribution is 8.00. The van der Waals surface area contributed by atoms with E-state index in [1.54, 1.807) is 0 Å².